The number of rotatable bonds is 3. The van der Waals surface area contributed by atoms with Crippen LogP contribution in [0.15, 0.2) is 9.95 Å². The predicted octanol–water partition coefficient (Wildman–Crippen LogP) is 1.43. The molecule has 3 heterocycles. The van der Waals surface area contributed by atoms with E-state index in [1.165, 1.54) is 11.8 Å². The van der Waals surface area contributed by atoms with Crippen LogP contribution in [0.1, 0.15) is 19.5 Å². The predicted molar refractivity (Wildman–Crippen MR) is 102 cm³/mol. The fourth-order valence-electron chi connectivity index (χ4n) is 2.82. The molecule has 3 N–H and O–H groups in total. The first-order valence-electron chi connectivity index (χ1n) is 8.71. The number of pyridine rings is 1. The van der Waals surface area contributed by atoms with Crippen LogP contribution in [0.2, 0.25) is 0 Å². The van der Waals surface area contributed by atoms with Gasteiger partial charge in [0.15, 0.2) is 11.2 Å². The van der Waals surface area contributed by atoms with Crippen molar-refractivity contribution in [3.8, 4) is 0 Å². The van der Waals surface area contributed by atoms with Crippen molar-refractivity contribution in [3.05, 3.63) is 15.9 Å². The fraction of sp³-hybridized carbons (Fsp3) is 0.562. The first-order valence-corrected chi connectivity index (χ1v) is 9.93. The molecule has 2 aromatic heterocycles. The summed E-state index contributed by atoms with van der Waals surface area (Å²) in [6.07, 6.45) is -2.47. The zero-order valence-corrected chi connectivity index (χ0v) is 16.8. The maximum absolute atomic E-state index is 13.0. The van der Waals surface area contributed by atoms with E-state index in [1.54, 1.807) is 0 Å². The highest BCUT2D eigenvalue weighted by Crippen LogP contribution is 2.21. The van der Waals surface area contributed by atoms with Crippen molar-refractivity contribution in [1.29, 1.82) is 0 Å². The third-order valence-corrected chi connectivity index (χ3v) is 4.76. The van der Waals surface area contributed by atoms with E-state index in [0.717, 1.165) is 37.4 Å². The second-order valence-corrected chi connectivity index (χ2v) is 6.95. The molecule has 29 heavy (non-hydrogen) atoms. The quantitative estimate of drug-likeness (QED) is 0.615. The van der Waals surface area contributed by atoms with Crippen LogP contribution >= 0.6 is 11.8 Å². The zero-order chi connectivity index (χ0) is 21.8. The fourth-order valence-corrected chi connectivity index (χ4v) is 3.13. The van der Waals surface area contributed by atoms with Gasteiger partial charge in [-0.15, -0.1) is 10.2 Å². The van der Waals surface area contributed by atoms with Crippen LogP contribution in [-0.4, -0.2) is 69.3 Å². The van der Waals surface area contributed by atoms with E-state index < -0.39 is 12.1 Å². The van der Waals surface area contributed by atoms with E-state index in [9.17, 15) is 18.0 Å². The van der Waals surface area contributed by atoms with Crippen molar-refractivity contribution in [2.75, 3.05) is 30.8 Å². The monoisotopic (exact) mass is 434 g/mol. The number of hydrogen-bond donors (Lipinski definition) is 3. The molecule has 0 aliphatic carbocycles. The number of thioether (sulfide) groups is 1. The molecule has 0 aromatic carbocycles. The number of anilines is 1. The summed E-state index contributed by atoms with van der Waals surface area (Å²) in [7, 11) is 0. The van der Waals surface area contributed by atoms with E-state index in [4.69, 9.17) is 9.90 Å². The van der Waals surface area contributed by atoms with Crippen molar-refractivity contribution < 1.29 is 23.1 Å². The molecule has 1 atom stereocenters. The smallest absolute Gasteiger partial charge is 0.475 e. The van der Waals surface area contributed by atoms with Gasteiger partial charge in [0.1, 0.15) is 5.69 Å². The normalized spacial score (nSPS) is 17.0. The van der Waals surface area contributed by atoms with Gasteiger partial charge in [0.05, 0.1) is 0 Å². The molecule has 1 aliphatic rings. The van der Waals surface area contributed by atoms with Crippen LogP contribution < -0.4 is 15.6 Å². The summed E-state index contributed by atoms with van der Waals surface area (Å²) < 4.78 is 31.7. The number of aromatic amines is 1. The Kier molecular flexibility index (Phi) is 7.41. The van der Waals surface area contributed by atoms with E-state index in [1.807, 2.05) is 13.2 Å². The lowest BCUT2D eigenvalue weighted by Crippen LogP contribution is -2.51. The minimum atomic E-state index is -5.08. The Labute approximate surface area is 168 Å². The molecule has 13 heteroatoms. The summed E-state index contributed by atoms with van der Waals surface area (Å²) >= 11 is 1.38. The number of halogens is 3. The number of aliphatic carboxylic acids is 1. The van der Waals surface area contributed by atoms with Gasteiger partial charge in [0.2, 0.25) is 10.6 Å². The number of aryl methyl sites for hydroxylation is 1. The second-order valence-electron chi connectivity index (χ2n) is 6.18. The van der Waals surface area contributed by atoms with Gasteiger partial charge in [-0.25, -0.2) is 9.78 Å². The highest BCUT2D eigenvalue weighted by atomic mass is 32.2. The van der Waals surface area contributed by atoms with Gasteiger partial charge >= 0.3 is 12.1 Å². The Hall–Kier alpha value is -2.41. The molecular weight excluding hydrogens is 413 g/mol. The number of piperazine rings is 1. The van der Waals surface area contributed by atoms with Gasteiger partial charge in [-0.05, 0) is 19.6 Å². The van der Waals surface area contributed by atoms with Gasteiger partial charge in [-0.3, -0.25) is 4.79 Å². The minimum Gasteiger partial charge on any atom is -0.475 e. The molecular formula is C16H21F3N6O3S. The molecule has 0 spiro atoms. The lowest BCUT2D eigenvalue weighted by molar-refractivity contribution is -0.192. The molecule has 160 valence electrons. The summed E-state index contributed by atoms with van der Waals surface area (Å²) in [5.41, 5.74) is 2.42. The van der Waals surface area contributed by atoms with Gasteiger partial charge < -0.3 is 20.3 Å². The van der Waals surface area contributed by atoms with Gasteiger partial charge in [0, 0.05) is 31.4 Å². The molecule has 1 saturated heterocycles. The number of alkyl halides is 3. The molecule has 1 aliphatic heterocycles. The Balaban J connectivity index is 0.000000370. The standard InChI is InChI=1S/C14H20N6OS.C2HF3O2/c1-4-9-11(20-6-5-15-7-8(20)2)12(21)10-13(16-9)18-19-14(17-10)22-3;3-2(4,5)1(6)7/h8,15H,4-7H2,1-3H3,(H,16,18,21);(H,6,7). The van der Waals surface area contributed by atoms with Crippen LogP contribution in [0.3, 0.4) is 0 Å². The Morgan fingerprint density at radius 3 is 2.55 bits per heavy atom. The lowest BCUT2D eigenvalue weighted by Gasteiger charge is -2.36. The largest absolute Gasteiger partial charge is 0.490 e. The summed E-state index contributed by atoms with van der Waals surface area (Å²) in [4.78, 5) is 31.7. The van der Waals surface area contributed by atoms with E-state index in [0.29, 0.717) is 16.3 Å². The van der Waals surface area contributed by atoms with Gasteiger partial charge in [0.25, 0.3) is 0 Å². The molecule has 2 aromatic rings. The van der Waals surface area contributed by atoms with Crippen LogP contribution in [0.4, 0.5) is 18.9 Å². The van der Waals surface area contributed by atoms with E-state index >= 15 is 0 Å². The highest BCUT2D eigenvalue weighted by Gasteiger charge is 2.38. The van der Waals surface area contributed by atoms with Gasteiger partial charge in [-0.2, -0.15) is 13.2 Å². The topological polar surface area (TPSA) is 124 Å². The van der Waals surface area contributed by atoms with E-state index in [-0.39, 0.29) is 11.5 Å². The molecule has 1 fully saturated rings. The number of carboxylic acids is 1. The number of nitrogens with zero attached hydrogens (tertiary/aromatic N) is 4. The third-order valence-electron chi connectivity index (χ3n) is 4.22. The first-order chi connectivity index (χ1) is 13.6. The Bertz CT molecular complexity index is 936. The van der Waals surface area contributed by atoms with Crippen molar-refractivity contribution in [2.24, 2.45) is 0 Å². The molecule has 0 amide bonds. The average molecular weight is 434 g/mol. The summed E-state index contributed by atoms with van der Waals surface area (Å²) in [5, 5.41) is 19.1. The maximum Gasteiger partial charge on any atom is 0.490 e. The number of hydrogen-bond acceptors (Lipinski definition) is 8. The average Bonchev–Trinajstić information content (AvgIpc) is 2.68. The van der Waals surface area contributed by atoms with E-state index in [2.05, 4.69) is 37.3 Å². The third kappa shape index (κ3) is 5.35. The van der Waals surface area contributed by atoms with Crippen molar-refractivity contribution >= 4 is 34.6 Å². The SMILES string of the molecule is CCc1[nH]c2nnc(SC)nc2c(=O)c1N1CCNCC1C.O=C(O)C(F)(F)F. The van der Waals surface area contributed by atoms with Gasteiger partial charge in [-0.1, -0.05) is 18.7 Å². The maximum atomic E-state index is 13.0. The lowest BCUT2D eigenvalue weighted by atomic mass is 10.1. The van der Waals surface area contributed by atoms with Crippen LogP contribution in [0, 0.1) is 0 Å². The minimum absolute atomic E-state index is 0.0513. The van der Waals surface area contributed by atoms with Crippen molar-refractivity contribution in [3.63, 3.8) is 0 Å². The molecule has 3 rings (SSSR count). The van der Waals surface area contributed by atoms with Crippen LogP contribution in [0.25, 0.3) is 11.2 Å². The second kappa shape index (κ2) is 9.39. The summed E-state index contributed by atoms with van der Waals surface area (Å²) in [6, 6.07) is 0.271. The molecule has 9 nitrogen and oxygen atoms in total. The van der Waals surface area contributed by atoms with Crippen molar-refractivity contribution in [1.82, 2.24) is 25.5 Å². The summed E-state index contributed by atoms with van der Waals surface area (Å²) in [5.74, 6) is -2.76. The number of H-pyrrole nitrogens is 1. The molecule has 0 radical (unpaired) electrons. The molecule has 0 saturated carbocycles. The first kappa shape index (κ1) is 22.9. The number of fused-ring (bicyclic) bond motifs is 1. The van der Waals surface area contributed by atoms with Crippen LogP contribution in [0.5, 0.6) is 0 Å². The van der Waals surface area contributed by atoms with Crippen molar-refractivity contribution in [2.45, 2.75) is 37.6 Å². The Morgan fingerprint density at radius 1 is 1.38 bits per heavy atom. The highest BCUT2D eigenvalue weighted by molar-refractivity contribution is 7.98. The number of nitrogens with one attached hydrogen (secondary N) is 2. The number of aromatic nitrogens is 4. The number of carbonyl (C=O) groups is 1. The number of carboxylic acid groups (broad SMARTS) is 1. The summed E-state index contributed by atoms with van der Waals surface area (Å²) in [6.45, 7) is 6.73. The Morgan fingerprint density at radius 2 is 2.03 bits per heavy atom. The van der Waals surface area contributed by atoms with Crippen LogP contribution in [-0.2, 0) is 11.2 Å². The zero-order valence-electron chi connectivity index (χ0n) is 16.0. The molecule has 0 bridgehead atoms. The molecule has 1 unspecified atom stereocenters.